The highest BCUT2D eigenvalue weighted by Gasteiger charge is 2.34. The molecule has 41 heavy (non-hydrogen) atoms. The predicted molar refractivity (Wildman–Crippen MR) is 157 cm³/mol. The van der Waals surface area contributed by atoms with E-state index in [0.717, 1.165) is 16.0 Å². The van der Waals surface area contributed by atoms with E-state index >= 15 is 0 Å². The third-order valence-corrected chi connectivity index (χ3v) is 6.07. The van der Waals surface area contributed by atoms with Crippen molar-refractivity contribution in [2.45, 2.75) is 44.8 Å². The van der Waals surface area contributed by atoms with Gasteiger partial charge in [-0.15, -0.1) is 0 Å². The van der Waals surface area contributed by atoms with Crippen molar-refractivity contribution >= 4 is 17.5 Å². The number of carbonyl (C=O) groups excluding carboxylic acids is 1. The maximum absolute atomic E-state index is 14.8. The fraction of sp³-hybridized carbons (Fsp3) is 0.273. The molecule has 0 bridgehead atoms. The number of alkyl halides is 2. The first-order valence-electron chi connectivity index (χ1n) is 13.4. The second kappa shape index (κ2) is 12.8. The summed E-state index contributed by atoms with van der Waals surface area (Å²) in [6, 6.07) is 30.2. The molecule has 214 valence electrons. The Morgan fingerprint density at radius 3 is 2.02 bits per heavy atom. The molecular weight excluding hydrogens is 524 g/mol. The fourth-order valence-electron chi connectivity index (χ4n) is 4.24. The van der Waals surface area contributed by atoms with Crippen molar-refractivity contribution in [3.63, 3.8) is 0 Å². The highest BCUT2D eigenvalue weighted by atomic mass is 19.3. The minimum absolute atomic E-state index is 0.378. The molecule has 0 aliphatic carbocycles. The number of halogens is 2. The van der Waals surface area contributed by atoms with E-state index in [1.165, 1.54) is 7.05 Å². The number of anilines is 2. The summed E-state index contributed by atoms with van der Waals surface area (Å²) in [5.74, 6) is -2.72. The second-order valence-corrected chi connectivity index (χ2v) is 10.9. The third kappa shape index (κ3) is 8.76. The van der Waals surface area contributed by atoms with Gasteiger partial charge in [-0.2, -0.15) is 0 Å². The molecule has 6 nitrogen and oxygen atoms in total. The van der Waals surface area contributed by atoms with E-state index in [2.05, 4.69) is 10.3 Å². The van der Waals surface area contributed by atoms with Crippen molar-refractivity contribution in [2.75, 3.05) is 18.9 Å². The Hall–Kier alpha value is -4.46. The van der Waals surface area contributed by atoms with Gasteiger partial charge in [0.2, 0.25) is 5.88 Å². The zero-order valence-electron chi connectivity index (χ0n) is 23.7. The lowest BCUT2D eigenvalue weighted by molar-refractivity contribution is -0.0360. The smallest absolute Gasteiger partial charge is 0.410 e. The lowest BCUT2D eigenvalue weighted by Gasteiger charge is -2.27. The summed E-state index contributed by atoms with van der Waals surface area (Å²) in [6.45, 7) is 4.33. The first-order chi connectivity index (χ1) is 19.5. The minimum atomic E-state index is -3.13. The minimum Gasteiger partial charge on any atom is -0.463 e. The Morgan fingerprint density at radius 1 is 0.878 bits per heavy atom. The first-order valence-corrected chi connectivity index (χ1v) is 13.4. The number of pyridine rings is 1. The summed E-state index contributed by atoms with van der Waals surface area (Å²) in [5, 5.41) is 3.30. The van der Waals surface area contributed by atoms with Crippen LogP contribution in [0.3, 0.4) is 0 Å². The maximum Gasteiger partial charge on any atom is 0.410 e. The van der Waals surface area contributed by atoms with Crippen molar-refractivity contribution in [3.05, 3.63) is 120 Å². The third-order valence-electron chi connectivity index (χ3n) is 6.07. The molecule has 0 spiro atoms. The average molecular weight is 560 g/mol. The van der Waals surface area contributed by atoms with Crippen molar-refractivity contribution < 1.29 is 23.0 Å². The van der Waals surface area contributed by atoms with Gasteiger partial charge in [0.25, 0.3) is 5.92 Å². The molecule has 1 amide bonds. The van der Waals surface area contributed by atoms with E-state index in [1.54, 1.807) is 57.3 Å². The van der Waals surface area contributed by atoms with Crippen LogP contribution in [0.5, 0.6) is 5.88 Å². The zero-order valence-corrected chi connectivity index (χ0v) is 23.7. The Labute approximate surface area is 240 Å². The van der Waals surface area contributed by atoms with Crippen LogP contribution in [0.25, 0.3) is 0 Å². The molecular formula is C33H35F2N3O3. The van der Waals surface area contributed by atoms with Crippen molar-refractivity contribution in [1.29, 1.82) is 0 Å². The van der Waals surface area contributed by atoms with E-state index in [9.17, 15) is 13.6 Å². The lowest BCUT2D eigenvalue weighted by atomic mass is 10.0. The van der Waals surface area contributed by atoms with E-state index in [1.807, 2.05) is 66.7 Å². The molecule has 0 atom stereocenters. The summed E-state index contributed by atoms with van der Waals surface area (Å²) in [7, 11) is 1.31. The topological polar surface area (TPSA) is 63.7 Å². The van der Waals surface area contributed by atoms with Gasteiger partial charge in [0.05, 0.1) is 6.54 Å². The van der Waals surface area contributed by atoms with Crippen LogP contribution in [0.15, 0.2) is 103 Å². The molecule has 0 saturated carbocycles. The molecule has 0 saturated heterocycles. The van der Waals surface area contributed by atoms with E-state index < -0.39 is 30.6 Å². The molecule has 4 rings (SSSR count). The molecule has 8 heteroatoms. The van der Waals surface area contributed by atoms with Gasteiger partial charge < -0.3 is 19.7 Å². The van der Waals surface area contributed by atoms with Gasteiger partial charge in [-0.1, -0.05) is 72.8 Å². The molecule has 1 aromatic heterocycles. The van der Waals surface area contributed by atoms with Crippen molar-refractivity contribution in [3.8, 4) is 5.88 Å². The largest absolute Gasteiger partial charge is 0.463 e. The number of ether oxygens (including phenoxy) is 2. The van der Waals surface area contributed by atoms with E-state index in [4.69, 9.17) is 9.47 Å². The lowest BCUT2D eigenvalue weighted by Crippen LogP contribution is -2.42. The van der Waals surface area contributed by atoms with Gasteiger partial charge in [0.1, 0.15) is 11.3 Å². The first kappa shape index (κ1) is 29.5. The molecule has 1 heterocycles. The van der Waals surface area contributed by atoms with Crippen LogP contribution in [0.2, 0.25) is 0 Å². The Bertz CT molecular complexity index is 1370. The number of rotatable bonds is 10. The molecule has 3 aromatic carbocycles. The van der Waals surface area contributed by atoms with Crippen molar-refractivity contribution in [2.24, 2.45) is 0 Å². The SMILES string of the molecule is CN(CC(F)(F)Cc1ccc(Nc2cccnc2OC(c2ccccc2)c2ccccc2)cc1)C(=O)OC(C)(C)C. The maximum atomic E-state index is 14.8. The number of nitrogens with one attached hydrogen (secondary N) is 1. The summed E-state index contributed by atoms with van der Waals surface area (Å²) in [4.78, 5) is 17.5. The normalized spacial score (nSPS) is 11.7. The highest BCUT2D eigenvalue weighted by molar-refractivity contribution is 5.68. The quantitative estimate of drug-likeness (QED) is 0.213. The van der Waals surface area contributed by atoms with Gasteiger partial charge in [0.15, 0.2) is 6.10 Å². The molecule has 1 N–H and O–H groups in total. The Balaban J connectivity index is 1.45. The van der Waals surface area contributed by atoms with Gasteiger partial charge in [-0.25, -0.2) is 18.6 Å². The van der Waals surface area contributed by atoms with Gasteiger partial charge in [-0.3, -0.25) is 0 Å². The standard InChI is InChI=1S/C33H35F2N3O3/c1-32(2,3)41-31(39)38(4)23-33(34,35)22-24-17-19-27(20-18-24)37-28-16-11-21-36-30(28)40-29(25-12-7-5-8-13-25)26-14-9-6-10-15-26/h5-21,29,37H,22-23H2,1-4H3. The van der Waals surface area contributed by atoms with Crippen LogP contribution in [0.4, 0.5) is 25.0 Å². The zero-order chi connectivity index (χ0) is 29.5. The van der Waals surface area contributed by atoms with Gasteiger partial charge >= 0.3 is 6.09 Å². The fourth-order valence-corrected chi connectivity index (χ4v) is 4.24. The van der Waals surface area contributed by atoms with E-state index in [-0.39, 0.29) is 6.10 Å². The van der Waals surface area contributed by atoms with Gasteiger partial charge in [-0.05, 0) is 61.7 Å². The number of amides is 1. The number of aromatic nitrogens is 1. The van der Waals surface area contributed by atoms with E-state index in [0.29, 0.717) is 22.8 Å². The Kier molecular flexibility index (Phi) is 9.22. The van der Waals surface area contributed by atoms with Crippen molar-refractivity contribution in [1.82, 2.24) is 9.88 Å². The van der Waals surface area contributed by atoms with Crippen LogP contribution < -0.4 is 10.1 Å². The average Bonchev–Trinajstić information content (AvgIpc) is 2.93. The molecule has 4 aromatic rings. The Morgan fingerprint density at radius 2 is 1.46 bits per heavy atom. The van der Waals surface area contributed by atoms with Crippen LogP contribution in [0, 0.1) is 0 Å². The summed E-state index contributed by atoms with van der Waals surface area (Å²) < 4.78 is 41.2. The summed E-state index contributed by atoms with van der Waals surface area (Å²) in [5.41, 5.74) is 2.98. The number of hydrogen-bond donors (Lipinski definition) is 1. The van der Waals surface area contributed by atoms with Crippen LogP contribution in [-0.2, 0) is 11.2 Å². The number of nitrogens with zero attached hydrogens (tertiary/aromatic N) is 2. The number of benzene rings is 3. The molecule has 0 unspecified atom stereocenters. The molecule has 0 radical (unpaired) electrons. The van der Waals surface area contributed by atoms with Crippen LogP contribution >= 0.6 is 0 Å². The van der Waals surface area contributed by atoms with Gasteiger partial charge in [0, 0.05) is 25.4 Å². The highest BCUT2D eigenvalue weighted by Crippen LogP contribution is 2.33. The molecule has 0 fully saturated rings. The molecule has 0 aliphatic heterocycles. The number of hydrogen-bond acceptors (Lipinski definition) is 5. The number of carbonyl (C=O) groups is 1. The van der Waals surface area contributed by atoms with Crippen LogP contribution in [0.1, 0.15) is 43.6 Å². The predicted octanol–water partition coefficient (Wildman–Crippen LogP) is 8.04. The van der Waals surface area contributed by atoms with Crippen LogP contribution in [-0.4, -0.2) is 41.1 Å². The summed E-state index contributed by atoms with van der Waals surface area (Å²) in [6.07, 6.45) is -0.0193. The summed E-state index contributed by atoms with van der Waals surface area (Å²) >= 11 is 0. The molecule has 0 aliphatic rings. The monoisotopic (exact) mass is 559 g/mol. The second-order valence-electron chi connectivity index (χ2n) is 10.9.